The Hall–Kier alpha value is -11.1. The maximum Gasteiger partial charge on any atom is 0.293 e. The Kier molecular flexibility index (Phi) is 14.1. The summed E-state index contributed by atoms with van der Waals surface area (Å²) >= 11 is 0. The molecule has 10 nitrogen and oxygen atoms in total. The molecule has 404 valence electrons. The highest BCUT2D eigenvalue weighted by atomic mass is 16.7. The molecule has 0 unspecified atom stereocenters. The fraction of sp³-hybridized carbons (Fsp3) is 0.0274. The summed E-state index contributed by atoms with van der Waals surface area (Å²) < 4.78 is 42.6. The van der Waals surface area contributed by atoms with E-state index in [1.54, 1.807) is 36.4 Å². The van der Waals surface area contributed by atoms with Crippen molar-refractivity contribution in [2.45, 2.75) is 13.0 Å². The molecule has 0 bridgehead atoms. The quantitative estimate of drug-likeness (QED) is 0.0508. The van der Waals surface area contributed by atoms with E-state index in [4.69, 9.17) is 22.1 Å². The second-order valence-corrected chi connectivity index (χ2v) is 19.7. The maximum atomic E-state index is 11.1. The number of para-hydroxylation sites is 9. The van der Waals surface area contributed by atoms with Crippen molar-refractivity contribution in [2.24, 2.45) is 5.72 Å². The molecule has 3 aromatic heterocycles. The van der Waals surface area contributed by atoms with Crippen molar-refractivity contribution in [3.8, 4) is 28.6 Å². The van der Waals surface area contributed by atoms with Crippen LogP contribution in [0.25, 0.3) is 101 Å². The van der Waals surface area contributed by atoms with Crippen molar-refractivity contribution in [1.82, 2.24) is 13.7 Å². The molecule has 0 atom stereocenters. The van der Waals surface area contributed by atoms with E-state index < -0.39 is 0 Å². The van der Waals surface area contributed by atoms with E-state index in [1.807, 2.05) is 65.2 Å². The lowest BCUT2D eigenvalue weighted by molar-refractivity contribution is 0.112. The van der Waals surface area contributed by atoms with Gasteiger partial charge in [0.15, 0.2) is 9.11 Å². The van der Waals surface area contributed by atoms with Crippen LogP contribution < -0.4 is 11.4 Å². The molecule has 83 heavy (non-hydrogen) atoms. The number of fused-ring (bicyclic) bond motifs is 9. The van der Waals surface area contributed by atoms with Crippen LogP contribution in [0.15, 0.2) is 261 Å². The van der Waals surface area contributed by atoms with E-state index in [9.17, 15) is 9.90 Å². The molecule has 14 aromatic rings. The number of nitrogens with zero attached hydrogens (tertiary/aromatic N) is 3. The molecule has 0 aliphatic heterocycles. The average Bonchev–Trinajstić information content (AvgIpc) is 1.97. The number of nitrogens with two attached hydrogens (primary N) is 2. The molecule has 11 aromatic carbocycles. The zero-order chi connectivity index (χ0) is 61.1. The average molecular weight is 1090 g/mol. The number of phenolic OH excluding ortho intramolecular Hbond substituents is 2. The largest absolute Gasteiger partial charge is 0.505 e. The molecule has 0 saturated carbocycles. The minimum Gasteiger partial charge on any atom is -0.505 e. The van der Waals surface area contributed by atoms with Crippen LogP contribution in [0.2, 0.25) is 5.65 Å². The summed E-state index contributed by atoms with van der Waals surface area (Å²) in [7, 11) is 0. The second-order valence-electron chi connectivity index (χ2n) is 19.7. The Morgan fingerprint density at radius 2 is 0.867 bits per heavy atom. The van der Waals surface area contributed by atoms with Gasteiger partial charge < -0.3 is 35.4 Å². The third kappa shape index (κ3) is 10.6. The summed E-state index contributed by atoms with van der Waals surface area (Å²) in [6.45, 7) is 0.0877. The molecule has 0 amide bonds. The molecule has 3 heterocycles. The highest BCUT2D eigenvalue weighted by Crippen LogP contribution is 2.39. The van der Waals surface area contributed by atoms with Crippen molar-refractivity contribution in [3.63, 3.8) is 0 Å². The first-order valence-electron chi connectivity index (χ1n) is 29.2. The van der Waals surface area contributed by atoms with Crippen LogP contribution in [0.1, 0.15) is 38.2 Å². The van der Waals surface area contributed by atoms with Crippen molar-refractivity contribution < 1.29 is 20.7 Å². The number of phenols is 2. The number of hydrogen-bond donors (Lipinski definition) is 4. The van der Waals surface area contributed by atoms with Crippen LogP contribution in [-0.2, 0) is 13.0 Å². The Morgan fingerprint density at radius 3 is 1.37 bits per heavy atom. The monoisotopic (exact) mass is 1090 g/mol. The van der Waals surface area contributed by atoms with E-state index in [0.717, 1.165) is 67.3 Å². The molecule has 14 rings (SSSR count). The molecule has 0 spiro atoms. The highest BCUT2D eigenvalue weighted by molar-refractivity contribution is 6.11. The van der Waals surface area contributed by atoms with Gasteiger partial charge in [-0.3, -0.25) is 4.79 Å². The fourth-order valence-electron chi connectivity index (χ4n) is 11.0. The molecule has 10 heteroatoms. The lowest BCUT2D eigenvalue weighted by atomic mass is 10.0. The van der Waals surface area contributed by atoms with Gasteiger partial charge in [0.1, 0.15) is 14.3 Å². The van der Waals surface area contributed by atoms with E-state index in [1.165, 1.54) is 38.1 Å². The van der Waals surface area contributed by atoms with Gasteiger partial charge in [-0.2, -0.15) is 0 Å². The number of aromatic hydroxyl groups is 2. The number of aldehydes is 1. The van der Waals surface area contributed by atoms with Gasteiger partial charge in [0.2, 0.25) is 0 Å². The normalized spacial score (nSPS) is 12.0. The Labute approximate surface area is 486 Å². The fourth-order valence-corrected chi connectivity index (χ4v) is 11.0. The van der Waals surface area contributed by atoms with Crippen LogP contribution in [0.5, 0.6) is 11.5 Å². The molecule has 0 fully saturated rings. The summed E-state index contributed by atoms with van der Waals surface area (Å²) in [6, 6.07) is 85.4. The van der Waals surface area contributed by atoms with Crippen LogP contribution in [0.3, 0.4) is 0 Å². The van der Waals surface area contributed by atoms with Gasteiger partial charge in [-0.25, -0.2) is 0 Å². The van der Waals surface area contributed by atoms with E-state index >= 15 is 0 Å². The maximum absolute atomic E-state index is 11.1. The van der Waals surface area contributed by atoms with Crippen molar-refractivity contribution in [2.75, 3.05) is 5.72 Å². The lowest BCUT2D eigenvalue weighted by Gasteiger charge is -2.12. The zero-order valence-corrected chi connectivity index (χ0v) is 44.9. The van der Waals surface area contributed by atoms with Crippen LogP contribution in [0.4, 0.5) is 5.69 Å². The SMILES string of the molecule is O=Cc1cccc(-n2c3ccccc3c3ccccc32)c1O.O=O.[1H]N([1H])c1ccccc1CN([2H])[2H].[1H]Oc1c(/C=C/c2ccccc2C/C=C/c2cccc(-n3c4ccccc4c4ccccc43)c2)cccc1-n1c2ccccc2c2ccccc21. The zero-order valence-electron chi connectivity index (χ0n) is 49.9. The third-order valence-electron chi connectivity index (χ3n) is 14.9. The summed E-state index contributed by atoms with van der Waals surface area (Å²) in [5, 5.41) is 22.9. The number of allylic oxidation sites excluding steroid dienone is 1. The number of nitrogen functional groups attached to an aromatic ring is 1. The Morgan fingerprint density at radius 1 is 0.446 bits per heavy atom. The number of carbonyl (C=O) groups excluding carboxylic acids is 1. The Balaban J connectivity index is 0.000000176. The Bertz CT molecular complexity index is 4720. The minimum absolute atomic E-state index is 0.00371. The minimum atomic E-state index is 0.00371. The number of aromatic nitrogens is 3. The van der Waals surface area contributed by atoms with Gasteiger partial charge in [-0.1, -0.05) is 206 Å². The van der Waals surface area contributed by atoms with Gasteiger partial charge >= 0.3 is 0 Å². The summed E-state index contributed by atoms with van der Waals surface area (Å²) in [5.74, 6) is 0.518. The van der Waals surface area contributed by atoms with Gasteiger partial charge in [0.25, 0.3) is 1.43 Å². The van der Waals surface area contributed by atoms with Crippen LogP contribution in [0, 0.1) is 9.93 Å². The molecule has 0 saturated heterocycles. The first kappa shape index (κ1) is 47.9. The van der Waals surface area contributed by atoms with Gasteiger partial charge in [0, 0.05) is 65.7 Å². The lowest BCUT2D eigenvalue weighted by Crippen LogP contribution is -2.00. The number of benzene rings is 11. The van der Waals surface area contributed by atoms with Crippen LogP contribution in [-0.4, -0.2) is 31.6 Å². The van der Waals surface area contributed by atoms with Gasteiger partial charge in [0.05, 0.1) is 50.0 Å². The molecule has 0 aliphatic rings. The molecule has 0 radical (unpaired) electrons. The van der Waals surface area contributed by atoms with Crippen molar-refractivity contribution in [1.29, 1.82) is 1.43 Å². The molecular formula is C73H57N5O5. The van der Waals surface area contributed by atoms with Gasteiger partial charge in [-0.15, -0.1) is 0 Å². The summed E-state index contributed by atoms with van der Waals surface area (Å²) in [5.41, 5.74) is 15.8. The number of hydrogen-bond acceptors (Lipinski definition) is 7. The van der Waals surface area contributed by atoms with E-state index in [0.29, 0.717) is 46.0 Å². The van der Waals surface area contributed by atoms with E-state index in [-0.39, 0.29) is 12.3 Å². The smallest absolute Gasteiger partial charge is 0.293 e. The molecule has 6 N–H and O–H groups in total. The summed E-state index contributed by atoms with van der Waals surface area (Å²) in [4.78, 5) is 25.1. The third-order valence-corrected chi connectivity index (χ3v) is 14.9. The standard InChI is InChI=1S/C47H34N2O.C19H13NO2.C7H10N2.O2/c50-47-36(19-13-29-46(47)49-44-27-9-5-23-40(44)41-24-6-10-28-45(41)49)31-30-35-17-2-1-16-34(35)18-11-14-33-15-12-20-37(32-33)48-42-25-7-3-21-38(42)39-22-4-8-26-43(39)48;21-12-13-6-5-11-18(19(13)22)20-16-9-3-1-7-14(16)15-8-2-4-10-17(15)20;8-5-6-3-1-2-4-7(6)9;1-2/h1-17,19-32,50H,18H2;1-12,22H;1-4H,5,8-9H2;/b14-11+,31-30+;;;/i/hD2H3. The predicted molar refractivity (Wildman–Crippen MR) is 345 cm³/mol. The van der Waals surface area contributed by atoms with E-state index in [2.05, 4.69) is 191 Å². The number of anilines is 1. The van der Waals surface area contributed by atoms with Crippen molar-refractivity contribution in [3.05, 3.63) is 304 Å². The molecule has 0 aliphatic carbocycles. The highest BCUT2D eigenvalue weighted by Gasteiger charge is 2.18. The first-order chi connectivity index (χ1) is 43.2. The van der Waals surface area contributed by atoms with Crippen LogP contribution >= 0.6 is 0 Å². The number of rotatable bonds is 13. The molecular weight excluding hydrogens is 1030 g/mol. The van der Waals surface area contributed by atoms with Gasteiger partial charge in [-0.05, 0) is 101 Å². The predicted octanol–water partition coefficient (Wildman–Crippen LogP) is 17.1. The topological polar surface area (TPSA) is 158 Å². The van der Waals surface area contributed by atoms with Crippen molar-refractivity contribution >= 4 is 95.6 Å². The number of carbonyl (C=O) groups is 1. The first-order valence-corrected chi connectivity index (χ1v) is 27.0. The summed E-state index contributed by atoms with van der Waals surface area (Å²) in [6.07, 6.45) is 10.1. The second kappa shape index (κ2) is 24.5.